The Morgan fingerprint density at radius 1 is 1.14 bits per heavy atom. The van der Waals surface area contributed by atoms with Crippen LogP contribution in [0, 0.1) is 10.1 Å². The summed E-state index contributed by atoms with van der Waals surface area (Å²) in [5.74, 6) is 0.326. The molecule has 0 atom stereocenters. The minimum absolute atomic E-state index is 0.0733. The monoisotopic (exact) mass is 411 g/mol. The van der Waals surface area contributed by atoms with Crippen molar-refractivity contribution >= 4 is 29.2 Å². The highest BCUT2D eigenvalue weighted by molar-refractivity contribution is 6.30. The van der Waals surface area contributed by atoms with E-state index in [0.717, 1.165) is 11.3 Å². The van der Waals surface area contributed by atoms with Crippen molar-refractivity contribution in [3.63, 3.8) is 0 Å². The van der Waals surface area contributed by atoms with Crippen molar-refractivity contribution in [1.29, 1.82) is 0 Å². The number of hydrogen-bond donors (Lipinski definition) is 1. The number of benzene rings is 3. The van der Waals surface area contributed by atoms with E-state index >= 15 is 0 Å². The third kappa shape index (κ3) is 5.46. The molecule has 3 aromatic carbocycles. The lowest BCUT2D eigenvalue weighted by atomic mass is 10.1. The Hall–Kier alpha value is -3.58. The van der Waals surface area contributed by atoms with Crippen molar-refractivity contribution in [2.24, 2.45) is 5.10 Å². The lowest BCUT2D eigenvalue weighted by Gasteiger charge is -2.12. The van der Waals surface area contributed by atoms with Gasteiger partial charge in [-0.25, -0.2) is 0 Å². The van der Waals surface area contributed by atoms with Crippen LogP contribution in [0.5, 0.6) is 11.5 Å². The van der Waals surface area contributed by atoms with Gasteiger partial charge in [-0.15, -0.1) is 0 Å². The average molecular weight is 412 g/mol. The number of halogens is 1. The largest absolute Gasteiger partial charge is 0.493 e. The van der Waals surface area contributed by atoms with Crippen LogP contribution in [0.4, 0.5) is 11.4 Å². The summed E-state index contributed by atoms with van der Waals surface area (Å²) in [5, 5.41) is 16.3. The molecule has 148 valence electrons. The molecule has 0 radical (unpaired) electrons. The lowest BCUT2D eigenvalue weighted by Crippen LogP contribution is -2.03. The zero-order valence-electron chi connectivity index (χ0n) is 15.5. The highest BCUT2D eigenvalue weighted by Crippen LogP contribution is 2.38. The van der Waals surface area contributed by atoms with E-state index in [9.17, 15) is 10.1 Å². The molecule has 0 unspecified atom stereocenters. The predicted molar refractivity (Wildman–Crippen MR) is 113 cm³/mol. The van der Waals surface area contributed by atoms with Gasteiger partial charge in [0, 0.05) is 16.7 Å². The fraction of sp³-hybridized carbons (Fsp3) is 0.0952. The van der Waals surface area contributed by atoms with Gasteiger partial charge in [-0.3, -0.25) is 15.5 Å². The van der Waals surface area contributed by atoms with Gasteiger partial charge in [0.1, 0.15) is 6.61 Å². The van der Waals surface area contributed by atoms with Gasteiger partial charge in [-0.05, 0) is 35.9 Å². The summed E-state index contributed by atoms with van der Waals surface area (Å²) in [6, 6.07) is 19.4. The molecule has 0 saturated carbocycles. The topological polar surface area (TPSA) is 86.0 Å². The minimum Gasteiger partial charge on any atom is -0.493 e. The summed E-state index contributed by atoms with van der Waals surface area (Å²) in [6.07, 6.45) is 1.46. The number of nitro groups is 1. The van der Waals surface area contributed by atoms with Crippen LogP contribution in [-0.2, 0) is 6.61 Å². The van der Waals surface area contributed by atoms with E-state index < -0.39 is 4.92 Å². The van der Waals surface area contributed by atoms with Gasteiger partial charge in [-0.1, -0.05) is 41.9 Å². The number of methoxy groups -OCH3 is 1. The van der Waals surface area contributed by atoms with Crippen molar-refractivity contribution in [3.05, 3.63) is 93.0 Å². The fourth-order valence-electron chi connectivity index (χ4n) is 2.55. The van der Waals surface area contributed by atoms with E-state index in [1.165, 1.54) is 19.4 Å². The smallest absolute Gasteiger partial charge is 0.315 e. The first-order valence-corrected chi connectivity index (χ1v) is 9.02. The molecule has 0 fully saturated rings. The van der Waals surface area contributed by atoms with Crippen LogP contribution in [0.3, 0.4) is 0 Å². The molecule has 0 bridgehead atoms. The second-order valence-electron chi connectivity index (χ2n) is 5.98. The van der Waals surface area contributed by atoms with Crippen molar-refractivity contribution in [3.8, 4) is 11.5 Å². The number of anilines is 1. The summed E-state index contributed by atoms with van der Waals surface area (Å²) >= 11 is 5.85. The maximum atomic E-state index is 11.6. The summed E-state index contributed by atoms with van der Waals surface area (Å²) < 4.78 is 11.0. The van der Waals surface area contributed by atoms with Gasteiger partial charge < -0.3 is 9.47 Å². The molecule has 0 aliphatic carbocycles. The first-order chi connectivity index (χ1) is 14.1. The van der Waals surface area contributed by atoms with Gasteiger partial charge in [0.05, 0.1) is 23.9 Å². The number of nitrogens with one attached hydrogen (secondary N) is 1. The molecule has 3 rings (SSSR count). The summed E-state index contributed by atoms with van der Waals surface area (Å²) in [6.45, 7) is 0.184. The van der Waals surface area contributed by atoms with E-state index in [4.69, 9.17) is 21.1 Å². The Morgan fingerprint density at radius 3 is 2.52 bits per heavy atom. The average Bonchev–Trinajstić information content (AvgIpc) is 2.74. The Bertz CT molecular complexity index is 1010. The van der Waals surface area contributed by atoms with Gasteiger partial charge in [0.25, 0.3) is 0 Å². The fourth-order valence-corrected chi connectivity index (χ4v) is 2.68. The maximum Gasteiger partial charge on any atom is 0.315 e. The molecule has 8 heteroatoms. The molecule has 0 aromatic heterocycles. The maximum absolute atomic E-state index is 11.6. The Labute approximate surface area is 172 Å². The molecule has 7 nitrogen and oxygen atoms in total. The molecule has 1 N–H and O–H groups in total. The van der Waals surface area contributed by atoms with Crippen LogP contribution in [0.2, 0.25) is 5.02 Å². The molecule has 0 heterocycles. The quantitative estimate of drug-likeness (QED) is 0.309. The van der Waals surface area contributed by atoms with Crippen molar-refractivity contribution in [2.45, 2.75) is 6.61 Å². The molecule has 0 aliphatic heterocycles. The van der Waals surface area contributed by atoms with Crippen LogP contribution >= 0.6 is 11.6 Å². The zero-order chi connectivity index (χ0) is 20.6. The molecular weight excluding hydrogens is 394 g/mol. The molecule has 0 saturated heterocycles. The zero-order valence-corrected chi connectivity index (χ0v) is 16.3. The number of nitrogens with zero attached hydrogens (tertiary/aromatic N) is 2. The highest BCUT2D eigenvalue weighted by atomic mass is 35.5. The third-order valence-corrected chi connectivity index (χ3v) is 4.20. The van der Waals surface area contributed by atoms with Crippen molar-refractivity contribution in [2.75, 3.05) is 12.5 Å². The lowest BCUT2D eigenvalue weighted by molar-refractivity contribution is -0.386. The van der Waals surface area contributed by atoms with E-state index in [-0.39, 0.29) is 23.8 Å². The Kier molecular flexibility index (Phi) is 6.65. The number of nitro benzene ring substituents is 1. The van der Waals surface area contributed by atoms with Gasteiger partial charge >= 0.3 is 5.69 Å². The van der Waals surface area contributed by atoms with E-state index in [1.54, 1.807) is 30.3 Å². The van der Waals surface area contributed by atoms with Crippen LogP contribution in [0.25, 0.3) is 0 Å². The van der Waals surface area contributed by atoms with Crippen LogP contribution in [0.15, 0.2) is 71.8 Å². The first-order valence-electron chi connectivity index (χ1n) is 8.64. The molecular formula is C21H18ClN3O4. The Balaban J connectivity index is 1.81. The normalized spacial score (nSPS) is 10.7. The molecule has 3 aromatic rings. The summed E-state index contributed by atoms with van der Waals surface area (Å²) in [5.41, 5.74) is 4.75. The van der Waals surface area contributed by atoms with Crippen LogP contribution in [-0.4, -0.2) is 18.2 Å². The number of rotatable bonds is 8. The van der Waals surface area contributed by atoms with E-state index in [1.807, 2.05) is 30.3 Å². The number of hydrazone groups is 1. The second kappa shape index (κ2) is 9.57. The van der Waals surface area contributed by atoms with Crippen molar-refractivity contribution < 1.29 is 14.4 Å². The van der Waals surface area contributed by atoms with E-state index in [0.29, 0.717) is 10.6 Å². The van der Waals surface area contributed by atoms with Gasteiger partial charge in [0.2, 0.25) is 5.75 Å². The molecule has 0 aliphatic rings. The van der Waals surface area contributed by atoms with Gasteiger partial charge in [-0.2, -0.15) is 5.10 Å². The second-order valence-corrected chi connectivity index (χ2v) is 6.42. The summed E-state index contributed by atoms with van der Waals surface area (Å²) in [7, 11) is 1.43. The first kappa shape index (κ1) is 20.2. The highest BCUT2D eigenvalue weighted by Gasteiger charge is 2.22. The third-order valence-electron chi connectivity index (χ3n) is 3.95. The number of hydrogen-bond acceptors (Lipinski definition) is 6. The standard InChI is InChI=1S/C21H18ClN3O4/c1-28-20-12-16(13-23-24-18-9-7-17(22)8-10-18)11-19(25(26)27)21(20)29-14-15-5-3-2-4-6-15/h2-13,24H,14H2,1H3/b23-13+. The van der Waals surface area contributed by atoms with E-state index in [2.05, 4.69) is 10.5 Å². The van der Waals surface area contributed by atoms with Crippen molar-refractivity contribution in [1.82, 2.24) is 0 Å². The van der Waals surface area contributed by atoms with Gasteiger partial charge in [0.15, 0.2) is 5.75 Å². The molecule has 0 amide bonds. The molecule has 29 heavy (non-hydrogen) atoms. The molecule has 0 spiro atoms. The summed E-state index contributed by atoms with van der Waals surface area (Å²) in [4.78, 5) is 11.1. The van der Waals surface area contributed by atoms with Crippen LogP contribution < -0.4 is 14.9 Å². The number of ether oxygens (including phenoxy) is 2. The SMILES string of the molecule is COc1cc(/C=N/Nc2ccc(Cl)cc2)cc([N+](=O)[O-])c1OCc1ccccc1. The minimum atomic E-state index is -0.507. The predicted octanol–water partition coefficient (Wildman–Crippen LogP) is 5.28. The van der Waals surface area contributed by atoms with Crippen LogP contribution in [0.1, 0.15) is 11.1 Å². The Morgan fingerprint density at radius 2 is 1.86 bits per heavy atom.